The fraction of sp³-hybridized carbons (Fsp3) is 0.167. The molecule has 0 aromatic heterocycles. The zero-order chi connectivity index (χ0) is 17.9. The van der Waals surface area contributed by atoms with Crippen LogP contribution in [-0.2, 0) is 4.79 Å². The molecule has 1 N–H and O–H groups in total. The molecular formula is C18H17ClN2O3. The van der Waals surface area contributed by atoms with Crippen LogP contribution in [0, 0.1) is 6.92 Å². The Balaban J connectivity index is 2.20. The zero-order valence-electron chi connectivity index (χ0n) is 13.6. The molecule has 124 valence electrons. The van der Waals surface area contributed by atoms with Crippen molar-refractivity contribution in [1.82, 2.24) is 4.90 Å². The van der Waals surface area contributed by atoms with Crippen molar-refractivity contribution in [3.8, 4) is 0 Å². The van der Waals surface area contributed by atoms with E-state index in [1.165, 1.54) is 23.1 Å². The molecule has 0 fully saturated rings. The lowest BCUT2D eigenvalue weighted by Crippen LogP contribution is -2.24. The van der Waals surface area contributed by atoms with Crippen LogP contribution >= 0.6 is 11.6 Å². The molecule has 0 bridgehead atoms. The first kappa shape index (κ1) is 17.7. The van der Waals surface area contributed by atoms with Crippen molar-refractivity contribution in [2.45, 2.75) is 6.92 Å². The number of nitrogens with zero attached hydrogens (tertiary/aromatic N) is 1. The molecule has 5 nitrogen and oxygen atoms in total. The number of aryl methyl sites for hydroxylation is 1. The molecule has 24 heavy (non-hydrogen) atoms. The largest absolute Gasteiger partial charge is 0.345 e. The van der Waals surface area contributed by atoms with E-state index in [1.54, 1.807) is 38.4 Å². The Kier molecular flexibility index (Phi) is 5.36. The average Bonchev–Trinajstić information content (AvgIpc) is 2.55. The summed E-state index contributed by atoms with van der Waals surface area (Å²) in [5, 5.41) is 2.77. The summed E-state index contributed by atoms with van der Waals surface area (Å²) < 4.78 is 0. The number of benzene rings is 2. The number of ketones is 1. The number of anilines is 1. The highest BCUT2D eigenvalue weighted by Crippen LogP contribution is 2.22. The van der Waals surface area contributed by atoms with Gasteiger partial charge in [0.2, 0.25) is 0 Å². The molecule has 0 spiro atoms. The third kappa shape index (κ3) is 4.00. The van der Waals surface area contributed by atoms with E-state index < -0.39 is 11.7 Å². The van der Waals surface area contributed by atoms with Crippen LogP contribution in [0.15, 0.2) is 42.5 Å². The molecule has 2 aromatic rings. The number of halogens is 1. The van der Waals surface area contributed by atoms with Crippen LogP contribution in [0.1, 0.15) is 26.3 Å². The molecule has 0 aliphatic rings. The standard InChI is InChI=1S/C18H17ClN2O3/c1-11-4-6-12(7-5-11)16(22)17(23)20-13-8-9-15(19)14(10-13)18(24)21(2)3/h4-10H,1-3H3,(H,20,23). The summed E-state index contributed by atoms with van der Waals surface area (Å²) >= 11 is 6.02. The van der Waals surface area contributed by atoms with Crippen molar-refractivity contribution < 1.29 is 14.4 Å². The molecule has 0 heterocycles. The van der Waals surface area contributed by atoms with Crippen molar-refractivity contribution in [3.05, 3.63) is 64.2 Å². The Bertz CT molecular complexity index is 798. The highest BCUT2D eigenvalue weighted by Gasteiger charge is 2.18. The maximum Gasteiger partial charge on any atom is 0.296 e. The molecule has 2 aromatic carbocycles. The summed E-state index contributed by atoms with van der Waals surface area (Å²) in [6.45, 7) is 1.89. The highest BCUT2D eigenvalue weighted by molar-refractivity contribution is 6.46. The van der Waals surface area contributed by atoms with Crippen LogP contribution in [0.4, 0.5) is 5.69 Å². The van der Waals surface area contributed by atoms with E-state index in [1.807, 2.05) is 6.92 Å². The Labute approximate surface area is 145 Å². The predicted octanol–water partition coefficient (Wildman–Crippen LogP) is 3.17. The van der Waals surface area contributed by atoms with Gasteiger partial charge in [0.25, 0.3) is 17.6 Å². The van der Waals surface area contributed by atoms with E-state index in [-0.39, 0.29) is 16.5 Å². The first-order valence-electron chi connectivity index (χ1n) is 7.23. The van der Waals surface area contributed by atoms with Gasteiger partial charge in [-0.05, 0) is 25.1 Å². The molecule has 0 radical (unpaired) electrons. The molecule has 0 unspecified atom stereocenters. The molecule has 2 amide bonds. The molecule has 2 rings (SSSR count). The summed E-state index contributed by atoms with van der Waals surface area (Å²) in [7, 11) is 3.20. The second-order valence-corrected chi connectivity index (χ2v) is 5.95. The maximum atomic E-state index is 12.1. The van der Waals surface area contributed by atoms with Gasteiger partial charge in [-0.3, -0.25) is 14.4 Å². The second kappa shape index (κ2) is 7.27. The van der Waals surface area contributed by atoms with Crippen molar-refractivity contribution in [3.63, 3.8) is 0 Å². The average molecular weight is 345 g/mol. The van der Waals surface area contributed by atoms with Crippen molar-refractivity contribution >= 4 is 34.9 Å². The van der Waals surface area contributed by atoms with E-state index in [4.69, 9.17) is 11.6 Å². The Morgan fingerprint density at radius 2 is 1.62 bits per heavy atom. The van der Waals surface area contributed by atoms with E-state index in [9.17, 15) is 14.4 Å². The number of rotatable bonds is 4. The van der Waals surface area contributed by atoms with E-state index in [0.717, 1.165) is 5.56 Å². The molecule has 6 heteroatoms. The summed E-state index contributed by atoms with van der Waals surface area (Å²) in [4.78, 5) is 37.7. The quantitative estimate of drug-likeness (QED) is 0.684. The van der Waals surface area contributed by atoms with Gasteiger partial charge in [-0.2, -0.15) is 0 Å². The van der Waals surface area contributed by atoms with Gasteiger partial charge in [0.15, 0.2) is 0 Å². The Morgan fingerprint density at radius 1 is 1.00 bits per heavy atom. The monoisotopic (exact) mass is 344 g/mol. The van der Waals surface area contributed by atoms with Gasteiger partial charge < -0.3 is 10.2 Å². The van der Waals surface area contributed by atoms with Gasteiger partial charge in [0.1, 0.15) is 0 Å². The van der Waals surface area contributed by atoms with Crippen molar-refractivity contribution in [2.75, 3.05) is 19.4 Å². The lowest BCUT2D eigenvalue weighted by Gasteiger charge is -2.13. The minimum atomic E-state index is -0.774. The fourth-order valence-electron chi connectivity index (χ4n) is 2.03. The minimum Gasteiger partial charge on any atom is -0.345 e. The van der Waals surface area contributed by atoms with E-state index in [0.29, 0.717) is 11.3 Å². The summed E-state index contributed by atoms with van der Waals surface area (Å²) in [6.07, 6.45) is 0. The number of carbonyl (C=O) groups excluding carboxylic acids is 3. The second-order valence-electron chi connectivity index (χ2n) is 5.54. The third-order valence-electron chi connectivity index (χ3n) is 3.38. The first-order valence-corrected chi connectivity index (χ1v) is 7.61. The van der Waals surface area contributed by atoms with Crippen LogP contribution in [0.25, 0.3) is 0 Å². The number of Topliss-reactive ketones (excluding diaryl/α,β-unsaturated/α-hetero) is 1. The maximum absolute atomic E-state index is 12.1. The number of hydrogen-bond donors (Lipinski definition) is 1. The van der Waals surface area contributed by atoms with Gasteiger partial charge in [-0.15, -0.1) is 0 Å². The molecule has 0 saturated carbocycles. The van der Waals surface area contributed by atoms with Crippen LogP contribution in [0.2, 0.25) is 5.02 Å². The number of hydrogen-bond acceptors (Lipinski definition) is 3. The summed E-state index contributed by atoms with van der Waals surface area (Å²) in [6, 6.07) is 11.2. The first-order chi connectivity index (χ1) is 11.3. The summed E-state index contributed by atoms with van der Waals surface area (Å²) in [5.74, 6) is -1.71. The van der Waals surface area contributed by atoms with Crippen LogP contribution in [0.3, 0.4) is 0 Å². The Morgan fingerprint density at radius 3 is 2.21 bits per heavy atom. The van der Waals surface area contributed by atoms with E-state index >= 15 is 0 Å². The van der Waals surface area contributed by atoms with Crippen molar-refractivity contribution in [2.24, 2.45) is 0 Å². The number of nitrogens with one attached hydrogen (secondary N) is 1. The number of amides is 2. The van der Waals surface area contributed by atoms with Gasteiger partial charge >= 0.3 is 0 Å². The van der Waals surface area contributed by atoms with Crippen molar-refractivity contribution in [1.29, 1.82) is 0 Å². The van der Waals surface area contributed by atoms with Gasteiger partial charge in [-0.1, -0.05) is 41.4 Å². The van der Waals surface area contributed by atoms with Crippen LogP contribution in [0.5, 0.6) is 0 Å². The van der Waals surface area contributed by atoms with Crippen LogP contribution in [-0.4, -0.2) is 36.6 Å². The zero-order valence-corrected chi connectivity index (χ0v) is 14.3. The molecule has 0 aliphatic heterocycles. The van der Waals surface area contributed by atoms with Gasteiger partial charge in [-0.25, -0.2) is 0 Å². The molecule has 0 aliphatic carbocycles. The highest BCUT2D eigenvalue weighted by atomic mass is 35.5. The predicted molar refractivity (Wildman–Crippen MR) is 93.6 cm³/mol. The Hall–Kier alpha value is -2.66. The lowest BCUT2D eigenvalue weighted by atomic mass is 10.1. The van der Waals surface area contributed by atoms with Gasteiger partial charge in [0.05, 0.1) is 10.6 Å². The molecular weight excluding hydrogens is 328 g/mol. The normalized spacial score (nSPS) is 10.2. The van der Waals surface area contributed by atoms with Gasteiger partial charge in [0, 0.05) is 25.3 Å². The summed E-state index contributed by atoms with van der Waals surface area (Å²) in [5.41, 5.74) is 1.88. The number of carbonyl (C=O) groups is 3. The van der Waals surface area contributed by atoms with Crippen LogP contribution < -0.4 is 5.32 Å². The smallest absolute Gasteiger partial charge is 0.296 e. The molecule has 0 atom stereocenters. The third-order valence-corrected chi connectivity index (χ3v) is 3.71. The SMILES string of the molecule is Cc1ccc(C(=O)C(=O)Nc2ccc(Cl)c(C(=O)N(C)C)c2)cc1. The minimum absolute atomic E-state index is 0.252. The molecule has 0 saturated heterocycles. The topological polar surface area (TPSA) is 66.5 Å². The lowest BCUT2D eigenvalue weighted by molar-refractivity contribution is -0.112. The van der Waals surface area contributed by atoms with E-state index in [2.05, 4.69) is 5.32 Å². The fourth-order valence-corrected chi connectivity index (χ4v) is 2.23.